The second-order valence-corrected chi connectivity index (χ2v) is 6.75. The Balaban J connectivity index is 2.27. The van der Waals surface area contributed by atoms with E-state index in [1.54, 1.807) is 20.8 Å². The standard InChI is InChI=1S/C17H20F3NO6/c1-17(2,3)27-15(24)12(22)13-14(23)21(6-7-25-13)10-8-9(18)4-5-11(10)26-16(19)20/h4-5,8,12-13,16,22H,6-7H2,1-3H3/t12-,13-/m1/s1. The van der Waals surface area contributed by atoms with E-state index in [0.717, 1.165) is 23.1 Å². The number of hydrogen-bond acceptors (Lipinski definition) is 6. The van der Waals surface area contributed by atoms with Crippen LogP contribution < -0.4 is 9.64 Å². The number of nitrogens with zero attached hydrogens (tertiary/aromatic N) is 1. The first-order chi connectivity index (χ1) is 12.5. The Kier molecular flexibility index (Phi) is 6.32. The molecule has 1 amide bonds. The molecule has 1 aromatic carbocycles. The number of rotatable bonds is 5. The van der Waals surface area contributed by atoms with Crippen LogP contribution >= 0.6 is 0 Å². The predicted octanol–water partition coefficient (Wildman–Crippen LogP) is 1.86. The maximum atomic E-state index is 13.6. The summed E-state index contributed by atoms with van der Waals surface area (Å²) in [6.45, 7) is 1.31. The molecule has 1 aliphatic rings. The van der Waals surface area contributed by atoms with Crippen LogP contribution in [-0.2, 0) is 19.1 Å². The van der Waals surface area contributed by atoms with Gasteiger partial charge in [0, 0.05) is 12.6 Å². The van der Waals surface area contributed by atoms with Crippen LogP contribution in [0.2, 0.25) is 0 Å². The highest BCUT2D eigenvalue weighted by molar-refractivity contribution is 6.01. The minimum Gasteiger partial charge on any atom is -0.458 e. The summed E-state index contributed by atoms with van der Waals surface area (Å²) in [6, 6.07) is 2.70. The maximum Gasteiger partial charge on any atom is 0.387 e. The van der Waals surface area contributed by atoms with E-state index in [4.69, 9.17) is 9.47 Å². The van der Waals surface area contributed by atoms with E-state index < -0.39 is 47.9 Å². The number of amides is 1. The lowest BCUT2D eigenvalue weighted by atomic mass is 10.1. The van der Waals surface area contributed by atoms with E-state index in [1.165, 1.54) is 0 Å². The van der Waals surface area contributed by atoms with Crippen LogP contribution in [0.3, 0.4) is 0 Å². The van der Waals surface area contributed by atoms with Gasteiger partial charge in [0.05, 0.1) is 12.3 Å². The topological polar surface area (TPSA) is 85.3 Å². The fraction of sp³-hybridized carbons (Fsp3) is 0.529. The van der Waals surface area contributed by atoms with Gasteiger partial charge in [0.1, 0.15) is 17.2 Å². The van der Waals surface area contributed by atoms with Gasteiger partial charge in [-0.25, -0.2) is 9.18 Å². The molecule has 0 radical (unpaired) electrons. The normalized spacial score (nSPS) is 19.2. The van der Waals surface area contributed by atoms with Crippen LogP contribution in [0.25, 0.3) is 0 Å². The van der Waals surface area contributed by atoms with E-state index in [9.17, 15) is 27.9 Å². The Labute approximate surface area is 153 Å². The van der Waals surface area contributed by atoms with Crippen molar-refractivity contribution in [2.45, 2.75) is 45.2 Å². The average molecular weight is 391 g/mol. The number of carbonyl (C=O) groups is 2. The van der Waals surface area contributed by atoms with E-state index >= 15 is 0 Å². The number of aliphatic hydroxyl groups is 1. The monoisotopic (exact) mass is 391 g/mol. The van der Waals surface area contributed by atoms with Gasteiger partial charge in [0.2, 0.25) is 0 Å². The first-order valence-electron chi connectivity index (χ1n) is 8.08. The minimum absolute atomic E-state index is 0.112. The van der Waals surface area contributed by atoms with Gasteiger partial charge in [-0.2, -0.15) is 8.78 Å². The number of halogens is 3. The van der Waals surface area contributed by atoms with Gasteiger partial charge in [-0.05, 0) is 32.9 Å². The summed E-state index contributed by atoms with van der Waals surface area (Å²) >= 11 is 0. The van der Waals surface area contributed by atoms with Crippen molar-refractivity contribution < 1.29 is 42.1 Å². The SMILES string of the molecule is CC(C)(C)OC(=O)[C@H](O)[C@H]1OCCN(c2cc(F)ccc2OC(F)F)C1=O. The molecule has 0 saturated carbocycles. The van der Waals surface area contributed by atoms with Gasteiger partial charge >= 0.3 is 12.6 Å². The predicted molar refractivity (Wildman–Crippen MR) is 87.0 cm³/mol. The quantitative estimate of drug-likeness (QED) is 0.772. The molecule has 27 heavy (non-hydrogen) atoms. The zero-order chi connectivity index (χ0) is 20.4. The van der Waals surface area contributed by atoms with Crippen LogP contribution in [0.4, 0.5) is 18.9 Å². The van der Waals surface area contributed by atoms with E-state index in [-0.39, 0.29) is 18.8 Å². The highest BCUT2D eigenvalue weighted by Gasteiger charge is 2.42. The number of alkyl halides is 2. The molecule has 1 N–H and O–H groups in total. The zero-order valence-electron chi connectivity index (χ0n) is 14.9. The van der Waals surface area contributed by atoms with Crippen molar-refractivity contribution in [2.75, 3.05) is 18.1 Å². The molecule has 0 aromatic heterocycles. The summed E-state index contributed by atoms with van der Waals surface area (Å²) in [6.07, 6.45) is -3.57. The molecule has 150 valence electrons. The number of anilines is 1. The Morgan fingerprint density at radius 2 is 2.04 bits per heavy atom. The van der Waals surface area contributed by atoms with Crippen molar-refractivity contribution in [1.29, 1.82) is 0 Å². The molecule has 2 rings (SSSR count). The van der Waals surface area contributed by atoms with E-state index in [1.807, 2.05) is 0 Å². The van der Waals surface area contributed by atoms with Crippen molar-refractivity contribution in [3.05, 3.63) is 24.0 Å². The van der Waals surface area contributed by atoms with Crippen molar-refractivity contribution in [1.82, 2.24) is 0 Å². The van der Waals surface area contributed by atoms with Gasteiger partial charge in [0.15, 0.2) is 12.2 Å². The molecule has 0 spiro atoms. The van der Waals surface area contributed by atoms with Gasteiger partial charge in [-0.15, -0.1) is 0 Å². The molecular weight excluding hydrogens is 371 g/mol. The second-order valence-electron chi connectivity index (χ2n) is 6.75. The Morgan fingerprint density at radius 1 is 1.37 bits per heavy atom. The molecule has 1 heterocycles. The van der Waals surface area contributed by atoms with E-state index in [0.29, 0.717) is 0 Å². The summed E-state index contributed by atoms with van der Waals surface area (Å²) in [7, 11) is 0. The fourth-order valence-electron chi connectivity index (χ4n) is 2.45. The number of esters is 1. The Morgan fingerprint density at radius 3 is 2.63 bits per heavy atom. The zero-order valence-corrected chi connectivity index (χ0v) is 14.9. The Bertz CT molecular complexity index is 706. The van der Waals surface area contributed by atoms with Crippen LogP contribution in [-0.4, -0.2) is 54.6 Å². The summed E-state index contributed by atoms with van der Waals surface area (Å²) < 4.78 is 53.3. The van der Waals surface area contributed by atoms with E-state index in [2.05, 4.69) is 4.74 Å². The van der Waals surface area contributed by atoms with Gasteiger partial charge in [-0.1, -0.05) is 0 Å². The third-order valence-electron chi connectivity index (χ3n) is 3.48. The number of morpholine rings is 1. The molecule has 1 aromatic rings. The van der Waals surface area contributed by atoms with Crippen molar-refractivity contribution in [3.8, 4) is 5.75 Å². The number of hydrogen-bond donors (Lipinski definition) is 1. The maximum absolute atomic E-state index is 13.6. The molecule has 0 unspecified atom stereocenters. The highest BCUT2D eigenvalue weighted by Crippen LogP contribution is 2.32. The summed E-state index contributed by atoms with van der Waals surface area (Å²) in [5.41, 5.74) is -1.17. The smallest absolute Gasteiger partial charge is 0.387 e. The van der Waals surface area contributed by atoms with Crippen LogP contribution in [0.15, 0.2) is 18.2 Å². The molecule has 2 atom stereocenters. The van der Waals surface area contributed by atoms with Gasteiger partial charge in [0.25, 0.3) is 5.91 Å². The van der Waals surface area contributed by atoms with Crippen molar-refractivity contribution in [2.24, 2.45) is 0 Å². The highest BCUT2D eigenvalue weighted by atomic mass is 19.3. The van der Waals surface area contributed by atoms with Crippen LogP contribution in [0.5, 0.6) is 5.75 Å². The molecule has 0 bridgehead atoms. The molecule has 1 aliphatic heterocycles. The minimum atomic E-state index is -3.19. The fourth-order valence-corrected chi connectivity index (χ4v) is 2.45. The molecule has 10 heteroatoms. The number of aliphatic hydroxyl groups excluding tert-OH is 1. The first kappa shape index (κ1) is 21.0. The first-order valence-corrected chi connectivity index (χ1v) is 8.08. The molecular formula is C17H20F3NO6. The van der Waals surface area contributed by atoms with Crippen molar-refractivity contribution >= 4 is 17.6 Å². The molecule has 1 saturated heterocycles. The average Bonchev–Trinajstić information content (AvgIpc) is 2.54. The third kappa shape index (κ3) is 5.33. The third-order valence-corrected chi connectivity index (χ3v) is 3.48. The van der Waals surface area contributed by atoms with Gasteiger partial charge in [-0.3, -0.25) is 4.79 Å². The molecule has 1 fully saturated rings. The van der Waals surface area contributed by atoms with Crippen LogP contribution in [0, 0.1) is 5.82 Å². The summed E-state index contributed by atoms with van der Waals surface area (Å²) in [5, 5.41) is 10.1. The number of ether oxygens (including phenoxy) is 3. The van der Waals surface area contributed by atoms with Crippen molar-refractivity contribution in [3.63, 3.8) is 0 Å². The molecule has 0 aliphatic carbocycles. The lowest BCUT2D eigenvalue weighted by Gasteiger charge is -2.35. The Hall–Kier alpha value is -2.33. The lowest BCUT2D eigenvalue weighted by Crippen LogP contribution is -2.55. The van der Waals surface area contributed by atoms with Crippen LogP contribution in [0.1, 0.15) is 20.8 Å². The second kappa shape index (κ2) is 8.13. The lowest BCUT2D eigenvalue weighted by molar-refractivity contribution is -0.177. The summed E-state index contributed by atoms with van der Waals surface area (Å²) in [4.78, 5) is 25.6. The molecule has 7 nitrogen and oxygen atoms in total. The number of carbonyl (C=O) groups excluding carboxylic acids is 2. The summed E-state index contributed by atoms with van der Waals surface area (Å²) in [5.74, 6) is -3.20. The number of benzene rings is 1. The largest absolute Gasteiger partial charge is 0.458 e. The van der Waals surface area contributed by atoms with Gasteiger partial charge < -0.3 is 24.2 Å².